The number of nitrogens with zero attached hydrogens (tertiary/aromatic N) is 1. The normalized spacial score (nSPS) is 50.5. The van der Waals surface area contributed by atoms with Gasteiger partial charge in [0.2, 0.25) is 0 Å². The minimum Gasteiger partial charge on any atom is -0.346 e. The van der Waals surface area contributed by atoms with Crippen LogP contribution in [0.25, 0.3) is 0 Å². The van der Waals surface area contributed by atoms with Crippen molar-refractivity contribution in [2.45, 2.75) is 63.7 Å². The van der Waals surface area contributed by atoms with Crippen LogP contribution in [0.4, 0.5) is 0 Å². The van der Waals surface area contributed by atoms with Gasteiger partial charge in [-0.15, -0.1) is 0 Å². The lowest BCUT2D eigenvalue weighted by Crippen LogP contribution is -2.59. The van der Waals surface area contributed by atoms with Crippen molar-refractivity contribution in [3.8, 4) is 0 Å². The van der Waals surface area contributed by atoms with E-state index in [4.69, 9.17) is 4.74 Å². The van der Waals surface area contributed by atoms with Crippen molar-refractivity contribution < 1.29 is 19.5 Å². The van der Waals surface area contributed by atoms with E-state index >= 15 is 0 Å². The zero-order valence-electron chi connectivity index (χ0n) is 12.5. The van der Waals surface area contributed by atoms with Crippen molar-refractivity contribution in [2.75, 3.05) is 6.54 Å². The smallest absolute Gasteiger partial charge is 0.166 e. The highest BCUT2D eigenvalue weighted by Gasteiger charge is 2.72. The summed E-state index contributed by atoms with van der Waals surface area (Å²) in [6.07, 6.45) is 4.24. The second-order valence-electron chi connectivity index (χ2n) is 7.47. The molecule has 116 valence electrons. The Hall–Kier alpha value is -0.780. The van der Waals surface area contributed by atoms with E-state index in [1.54, 1.807) is 0 Å². The molecule has 5 heteroatoms. The standard InChI is InChI=1S/C16H23NO4/c1-10-7-11-9-13(19)16-5-3-14(21-16)17(20)6-2-4-15(11,16)12(18)8-10/h10-11,14,20H,2-9H2,1H3/t10?,11-,14-,15?,16-/m0/s1. The van der Waals surface area contributed by atoms with Crippen LogP contribution in [0.5, 0.6) is 0 Å². The molecule has 0 amide bonds. The van der Waals surface area contributed by atoms with E-state index in [0.29, 0.717) is 44.6 Å². The number of ketones is 2. The first-order valence-electron chi connectivity index (χ1n) is 8.19. The van der Waals surface area contributed by atoms with Crippen molar-refractivity contribution in [1.29, 1.82) is 0 Å². The van der Waals surface area contributed by atoms with Crippen LogP contribution < -0.4 is 0 Å². The molecular formula is C16H23NO4. The zero-order chi connectivity index (χ0) is 14.8. The summed E-state index contributed by atoms with van der Waals surface area (Å²) < 4.78 is 6.11. The summed E-state index contributed by atoms with van der Waals surface area (Å²) in [7, 11) is 0. The summed E-state index contributed by atoms with van der Waals surface area (Å²) in [6, 6.07) is 0. The molecule has 4 aliphatic rings. The fourth-order valence-electron chi connectivity index (χ4n) is 5.58. The monoisotopic (exact) mass is 293 g/mol. The molecule has 2 aliphatic heterocycles. The quantitative estimate of drug-likeness (QED) is 0.739. The number of Topliss-reactive ketones (excluding diaryl/α,β-unsaturated/α-hetero) is 2. The number of hydrogen-bond acceptors (Lipinski definition) is 5. The maximum absolute atomic E-state index is 13.0. The van der Waals surface area contributed by atoms with E-state index in [1.807, 2.05) is 0 Å². The lowest BCUT2D eigenvalue weighted by Gasteiger charge is -2.49. The maximum Gasteiger partial charge on any atom is 0.166 e. The van der Waals surface area contributed by atoms with Gasteiger partial charge in [-0.05, 0) is 43.9 Å². The molecule has 5 atom stereocenters. The molecular weight excluding hydrogens is 270 g/mol. The average molecular weight is 293 g/mol. The zero-order valence-corrected chi connectivity index (χ0v) is 12.5. The number of hydrogen-bond donors (Lipinski definition) is 1. The number of fused-ring (bicyclic) bond motifs is 1. The summed E-state index contributed by atoms with van der Waals surface area (Å²) in [5.74, 6) is 0.857. The fraction of sp³-hybridized carbons (Fsp3) is 0.875. The topological polar surface area (TPSA) is 66.8 Å². The Morgan fingerprint density at radius 1 is 1.24 bits per heavy atom. The molecule has 2 heterocycles. The lowest BCUT2D eigenvalue weighted by atomic mass is 9.56. The molecule has 4 fully saturated rings. The van der Waals surface area contributed by atoms with Gasteiger partial charge >= 0.3 is 0 Å². The second kappa shape index (κ2) is 4.37. The molecule has 0 aromatic heterocycles. The van der Waals surface area contributed by atoms with Crippen molar-refractivity contribution in [3.05, 3.63) is 0 Å². The Morgan fingerprint density at radius 2 is 2.05 bits per heavy atom. The Kier molecular flexibility index (Phi) is 2.88. The van der Waals surface area contributed by atoms with Crippen molar-refractivity contribution in [3.63, 3.8) is 0 Å². The van der Waals surface area contributed by atoms with E-state index < -0.39 is 17.2 Å². The van der Waals surface area contributed by atoms with E-state index in [2.05, 4.69) is 6.92 Å². The predicted octanol–water partition coefficient (Wildman–Crippen LogP) is 1.92. The summed E-state index contributed by atoms with van der Waals surface area (Å²) in [5.41, 5.74) is -1.55. The van der Waals surface area contributed by atoms with Gasteiger partial charge in [-0.1, -0.05) is 6.92 Å². The Morgan fingerprint density at radius 3 is 2.86 bits per heavy atom. The van der Waals surface area contributed by atoms with Crippen molar-refractivity contribution >= 4 is 11.6 Å². The largest absolute Gasteiger partial charge is 0.346 e. The van der Waals surface area contributed by atoms with Crippen molar-refractivity contribution in [1.82, 2.24) is 5.06 Å². The summed E-state index contributed by atoms with van der Waals surface area (Å²) in [5, 5.41) is 11.2. The molecule has 2 aliphatic carbocycles. The summed E-state index contributed by atoms with van der Waals surface area (Å²) in [4.78, 5) is 25.8. The summed E-state index contributed by atoms with van der Waals surface area (Å²) in [6.45, 7) is 2.63. The first-order chi connectivity index (χ1) is 9.99. The second-order valence-corrected chi connectivity index (χ2v) is 7.47. The number of carbonyl (C=O) groups is 2. The SMILES string of the molecule is CC1CC(=O)C23CCCN(O)[C@@H]4CC[C@]2(O4)C(=O)C[C@@H]3C1. The van der Waals surface area contributed by atoms with E-state index in [1.165, 1.54) is 5.06 Å². The number of hydroxylamine groups is 2. The molecule has 2 saturated carbocycles. The Bertz CT molecular complexity index is 507. The molecule has 2 unspecified atom stereocenters. The molecule has 1 N–H and O–H groups in total. The van der Waals surface area contributed by atoms with Crippen molar-refractivity contribution in [2.24, 2.45) is 17.3 Å². The molecule has 0 aromatic carbocycles. The molecule has 2 bridgehead atoms. The van der Waals surface area contributed by atoms with E-state index in [-0.39, 0.29) is 17.5 Å². The summed E-state index contributed by atoms with van der Waals surface area (Å²) >= 11 is 0. The molecule has 2 spiro atoms. The van der Waals surface area contributed by atoms with Gasteiger partial charge in [0.1, 0.15) is 17.6 Å². The third-order valence-electron chi connectivity index (χ3n) is 6.39. The first kappa shape index (κ1) is 13.9. The molecule has 2 saturated heterocycles. The maximum atomic E-state index is 13.0. The van der Waals surface area contributed by atoms with E-state index in [9.17, 15) is 14.8 Å². The molecule has 0 radical (unpaired) electrons. The first-order valence-corrected chi connectivity index (χ1v) is 8.19. The van der Waals surface area contributed by atoms with Gasteiger partial charge in [0, 0.05) is 19.4 Å². The lowest BCUT2D eigenvalue weighted by molar-refractivity contribution is -0.251. The third kappa shape index (κ3) is 1.57. The third-order valence-corrected chi connectivity index (χ3v) is 6.39. The Balaban J connectivity index is 1.83. The fourth-order valence-corrected chi connectivity index (χ4v) is 5.58. The molecule has 4 rings (SSSR count). The number of ether oxygens (including phenoxy) is 1. The minimum atomic E-state index is -0.943. The van der Waals surface area contributed by atoms with Gasteiger partial charge in [0.05, 0.1) is 5.41 Å². The van der Waals surface area contributed by atoms with Crippen LogP contribution in [-0.4, -0.2) is 40.2 Å². The van der Waals surface area contributed by atoms with Crippen LogP contribution in [0.2, 0.25) is 0 Å². The average Bonchev–Trinajstić information content (AvgIpc) is 2.95. The molecule has 0 aromatic rings. The van der Waals surface area contributed by atoms with E-state index in [0.717, 1.165) is 12.8 Å². The van der Waals surface area contributed by atoms with Gasteiger partial charge in [-0.25, -0.2) is 0 Å². The van der Waals surface area contributed by atoms with Gasteiger partial charge in [0.15, 0.2) is 5.78 Å². The highest BCUT2D eigenvalue weighted by molar-refractivity contribution is 6.02. The number of carbonyl (C=O) groups excluding carboxylic acids is 2. The van der Waals surface area contributed by atoms with Crippen LogP contribution >= 0.6 is 0 Å². The van der Waals surface area contributed by atoms with Gasteiger partial charge < -0.3 is 9.94 Å². The highest BCUT2D eigenvalue weighted by Crippen LogP contribution is 2.63. The van der Waals surface area contributed by atoms with Crippen LogP contribution in [0, 0.1) is 17.3 Å². The van der Waals surface area contributed by atoms with Gasteiger partial charge in [-0.3, -0.25) is 9.59 Å². The number of rotatable bonds is 0. The van der Waals surface area contributed by atoms with Crippen LogP contribution in [0.1, 0.15) is 51.9 Å². The molecule has 5 nitrogen and oxygen atoms in total. The van der Waals surface area contributed by atoms with Gasteiger partial charge in [-0.2, -0.15) is 5.06 Å². The highest BCUT2D eigenvalue weighted by atomic mass is 16.6. The minimum absolute atomic E-state index is 0.104. The Labute approximate surface area is 124 Å². The van der Waals surface area contributed by atoms with Gasteiger partial charge in [0.25, 0.3) is 0 Å². The van der Waals surface area contributed by atoms with Crippen LogP contribution in [-0.2, 0) is 14.3 Å². The predicted molar refractivity (Wildman–Crippen MR) is 73.5 cm³/mol. The van der Waals surface area contributed by atoms with Crippen LogP contribution in [0.3, 0.4) is 0 Å². The van der Waals surface area contributed by atoms with Crippen LogP contribution in [0.15, 0.2) is 0 Å². The molecule has 21 heavy (non-hydrogen) atoms.